The van der Waals surface area contributed by atoms with E-state index >= 15 is 0 Å². The van der Waals surface area contributed by atoms with Crippen LogP contribution < -0.4 is 16.0 Å². The second-order valence-corrected chi connectivity index (χ2v) is 11.0. The highest BCUT2D eigenvalue weighted by Crippen LogP contribution is 2.33. The number of thiophene rings is 1. The molecule has 0 atom stereocenters. The average molecular weight is 589 g/mol. The van der Waals surface area contributed by atoms with Crippen LogP contribution in [0.15, 0.2) is 96.7 Å². The second kappa shape index (κ2) is 12.2. The van der Waals surface area contributed by atoms with E-state index in [9.17, 15) is 9.59 Å². The predicted octanol–water partition coefficient (Wildman–Crippen LogP) is 6.29. The number of aromatic amines is 1. The summed E-state index contributed by atoms with van der Waals surface area (Å²) in [6.45, 7) is 0.671. The number of carbonyl (C=O) groups excluding carboxylic acids is 2. The molecular weight excluding hydrogens is 560 g/mol. The highest BCUT2D eigenvalue weighted by Gasteiger charge is 2.14. The molecule has 4 heterocycles. The van der Waals surface area contributed by atoms with Crippen LogP contribution in [0.5, 0.6) is 0 Å². The molecule has 2 aromatic carbocycles. The van der Waals surface area contributed by atoms with Crippen LogP contribution in [0.3, 0.4) is 0 Å². The lowest BCUT2D eigenvalue weighted by Gasteiger charge is -2.11. The first kappa shape index (κ1) is 27.8. The van der Waals surface area contributed by atoms with E-state index in [0.29, 0.717) is 29.4 Å². The Kier molecular flexibility index (Phi) is 7.90. The molecule has 43 heavy (non-hydrogen) atoms. The summed E-state index contributed by atoms with van der Waals surface area (Å²) in [5, 5.41) is 12.0. The molecule has 0 saturated carbocycles. The van der Waals surface area contributed by atoms with Gasteiger partial charge in [-0.15, -0.1) is 11.3 Å². The van der Waals surface area contributed by atoms with E-state index in [1.54, 1.807) is 41.7 Å². The largest absolute Gasteiger partial charge is 0.346 e. The lowest BCUT2D eigenvalue weighted by Crippen LogP contribution is -2.13. The molecule has 6 rings (SSSR count). The molecule has 4 N–H and O–H groups in total. The van der Waals surface area contributed by atoms with E-state index in [4.69, 9.17) is 9.97 Å². The molecule has 10 nitrogen and oxygen atoms in total. The molecule has 0 aliphatic heterocycles. The van der Waals surface area contributed by atoms with Crippen molar-refractivity contribution in [3.05, 3.63) is 102 Å². The maximum Gasteiger partial charge on any atom is 0.255 e. The number of H-pyrrole nitrogens is 1. The summed E-state index contributed by atoms with van der Waals surface area (Å²) in [4.78, 5) is 44.2. The van der Waals surface area contributed by atoms with Crippen LogP contribution in [0.1, 0.15) is 10.4 Å². The molecule has 6 aromatic rings. The quantitative estimate of drug-likeness (QED) is 0.146. The summed E-state index contributed by atoms with van der Waals surface area (Å²) in [5.74, 6) is -0.0597. The normalized spacial score (nSPS) is 11.4. The number of rotatable bonds is 9. The van der Waals surface area contributed by atoms with Crippen molar-refractivity contribution in [2.24, 2.45) is 0 Å². The van der Waals surface area contributed by atoms with Crippen LogP contribution >= 0.6 is 11.3 Å². The van der Waals surface area contributed by atoms with Crippen molar-refractivity contribution in [1.82, 2.24) is 24.8 Å². The van der Waals surface area contributed by atoms with Gasteiger partial charge in [-0.25, -0.2) is 15.0 Å². The van der Waals surface area contributed by atoms with Crippen molar-refractivity contribution in [1.29, 1.82) is 0 Å². The van der Waals surface area contributed by atoms with Crippen LogP contribution in [0.4, 0.5) is 23.0 Å². The number of likely N-dealkylation sites (N-methyl/N-ethyl adjacent to an activating group) is 1. The third-order valence-corrected chi connectivity index (χ3v) is 7.42. The summed E-state index contributed by atoms with van der Waals surface area (Å²) in [6, 6.07) is 20.1. The zero-order chi connectivity index (χ0) is 29.8. The Labute approximate surface area is 251 Å². The molecule has 0 bridgehead atoms. The fourth-order valence-corrected chi connectivity index (χ4v) is 5.29. The van der Waals surface area contributed by atoms with E-state index < -0.39 is 0 Å². The number of carbonyl (C=O) groups is 2. The smallest absolute Gasteiger partial charge is 0.255 e. The molecule has 0 spiro atoms. The van der Waals surface area contributed by atoms with Gasteiger partial charge in [0.05, 0.1) is 15.9 Å². The van der Waals surface area contributed by atoms with Gasteiger partial charge in [0.15, 0.2) is 0 Å². The molecule has 4 aromatic heterocycles. The molecule has 0 unspecified atom stereocenters. The van der Waals surface area contributed by atoms with Crippen molar-refractivity contribution in [2.75, 3.05) is 36.6 Å². The van der Waals surface area contributed by atoms with Crippen molar-refractivity contribution in [2.45, 2.75) is 0 Å². The number of aromatic nitrogens is 4. The number of nitrogens with zero attached hydrogens (tertiary/aromatic N) is 4. The molecule has 0 aliphatic rings. The monoisotopic (exact) mass is 588 g/mol. The Balaban J connectivity index is 1.15. The van der Waals surface area contributed by atoms with Gasteiger partial charge in [0.2, 0.25) is 11.9 Å². The van der Waals surface area contributed by atoms with Gasteiger partial charge >= 0.3 is 0 Å². The average Bonchev–Trinajstić information content (AvgIpc) is 3.66. The van der Waals surface area contributed by atoms with Gasteiger partial charge in [0, 0.05) is 58.6 Å². The van der Waals surface area contributed by atoms with Gasteiger partial charge in [-0.1, -0.05) is 12.1 Å². The summed E-state index contributed by atoms with van der Waals surface area (Å²) in [5.41, 5.74) is 5.75. The number of anilines is 4. The van der Waals surface area contributed by atoms with E-state index in [-0.39, 0.29) is 11.8 Å². The molecule has 0 radical (unpaired) electrons. The van der Waals surface area contributed by atoms with E-state index in [0.717, 1.165) is 38.2 Å². The number of benzene rings is 2. The number of hydrogen-bond acceptors (Lipinski definition) is 8. The summed E-state index contributed by atoms with van der Waals surface area (Å²) < 4.78 is 0.981. The Morgan fingerprint density at radius 2 is 1.79 bits per heavy atom. The number of fused-ring (bicyclic) bond motifs is 2. The lowest BCUT2D eigenvalue weighted by molar-refractivity contribution is -0.111. The fourth-order valence-electron chi connectivity index (χ4n) is 4.45. The molecule has 2 amide bonds. The third-order valence-electron chi connectivity index (χ3n) is 6.51. The minimum atomic E-state index is -0.271. The third kappa shape index (κ3) is 6.58. The minimum absolute atomic E-state index is 0.226. The lowest BCUT2D eigenvalue weighted by atomic mass is 10.1. The van der Waals surface area contributed by atoms with Crippen molar-refractivity contribution in [3.63, 3.8) is 0 Å². The van der Waals surface area contributed by atoms with Gasteiger partial charge in [0.25, 0.3) is 5.91 Å². The summed E-state index contributed by atoms with van der Waals surface area (Å²) in [6.07, 6.45) is 6.95. The summed E-state index contributed by atoms with van der Waals surface area (Å²) >= 11 is 1.58. The van der Waals surface area contributed by atoms with E-state index in [1.807, 2.05) is 73.2 Å². The molecule has 214 valence electrons. The second-order valence-electron chi connectivity index (χ2n) is 10.1. The number of hydrogen-bond donors (Lipinski definition) is 4. The Bertz CT molecular complexity index is 1960. The molecule has 0 aliphatic carbocycles. The van der Waals surface area contributed by atoms with Crippen LogP contribution in [-0.2, 0) is 4.79 Å². The highest BCUT2D eigenvalue weighted by molar-refractivity contribution is 7.17. The molecule has 11 heteroatoms. The zero-order valence-electron chi connectivity index (χ0n) is 23.5. The van der Waals surface area contributed by atoms with Crippen molar-refractivity contribution in [3.8, 4) is 11.3 Å². The van der Waals surface area contributed by atoms with Gasteiger partial charge in [-0.05, 0) is 80.1 Å². The van der Waals surface area contributed by atoms with Crippen LogP contribution in [-0.4, -0.2) is 57.3 Å². The first-order valence-electron chi connectivity index (χ1n) is 13.5. The van der Waals surface area contributed by atoms with Gasteiger partial charge in [-0.3, -0.25) is 9.59 Å². The van der Waals surface area contributed by atoms with Crippen LogP contribution in [0.2, 0.25) is 0 Å². The van der Waals surface area contributed by atoms with Crippen molar-refractivity contribution < 1.29 is 9.59 Å². The van der Waals surface area contributed by atoms with E-state index in [2.05, 4.69) is 32.0 Å². The van der Waals surface area contributed by atoms with Gasteiger partial charge in [-0.2, -0.15) is 0 Å². The van der Waals surface area contributed by atoms with Crippen LogP contribution in [0.25, 0.3) is 32.5 Å². The number of nitrogens with one attached hydrogen (secondary N) is 4. The maximum atomic E-state index is 12.9. The first-order chi connectivity index (χ1) is 20.9. The Morgan fingerprint density at radius 3 is 2.63 bits per heavy atom. The summed E-state index contributed by atoms with van der Waals surface area (Å²) in [7, 11) is 3.86. The number of amides is 2. The minimum Gasteiger partial charge on any atom is -0.346 e. The number of pyridine rings is 1. The molecule has 0 saturated heterocycles. The van der Waals surface area contributed by atoms with Crippen molar-refractivity contribution >= 4 is 67.4 Å². The van der Waals surface area contributed by atoms with E-state index in [1.165, 1.54) is 6.08 Å². The van der Waals surface area contributed by atoms with Gasteiger partial charge < -0.3 is 25.8 Å². The fraction of sp³-hybridized carbons (Fsp3) is 0.0938. The highest BCUT2D eigenvalue weighted by atomic mass is 32.1. The first-order valence-corrected chi connectivity index (χ1v) is 14.4. The van der Waals surface area contributed by atoms with Crippen LogP contribution in [0, 0.1) is 0 Å². The van der Waals surface area contributed by atoms with Gasteiger partial charge in [0.1, 0.15) is 5.65 Å². The zero-order valence-corrected chi connectivity index (χ0v) is 24.3. The standard InChI is InChI=1S/C32H28N8O2S/c1-40(2)15-4-7-27(41)35-23-10-8-20(9-11-23)31(42)36-24-5-3-6-25(18-24)37-32-38-26-13-16-43-29(26)28(39-32)22-17-21-12-14-33-30(21)34-19-22/h3-14,16-19H,15H2,1-2H3,(H,33,34)(H,35,41)(H,36,42)(H,37,38,39)/b7-4+. The molecular formula is C32H28N8O2S. The Morgan fingerprint density at radius 1 is 0.953 bits per heavy atom. The maximum absolute atomic E-state index is 12.9. The SMILES string of the molecule is CN(C)C/C=C/C(=O)Nc1ccc(C(=O)Nc2cccc(Nc3nc(-c4cnc5[nH]ccc5c4)c4sccc4n3)c2)cc1. The topological polar surface area (TPSA) is 128 Å². The predicted molar refractivity (Wildman–Crippen MR) is 173 cm³/mol. The molecule has 0 fully saturated rings. The Hall–Kier alpha value is -5.39.